The summed E-state index contributed by atoms with van der Waals surface area (Å²) < 4.78 is 11.5. The molecule has 0 saturated heterocycles. The molecular weight excluding hydrogens is 468 g/mol. The average Bonchev–Trinajstić information content (AvgIpc) is 2.95. The fraction of sp³-hybridized carbons (Fsp3) is 0.629. The molecule has 1 aliphatic carbocycles. The van der Waals surface area contributed by atoms with E-state index in [9.17, 15) is 4.79 Å². The van der Waals surface area contributed by atoms with Crippen molar-refractivity contribution in [2.45, 2.75) is 123 Å². The number of carbonyl (C=O) groups excluding carboxylic acids is 1. The number of ether oxygens (including phenoxy) is 2. The van der Waals surface area contributed by atoms with E-state index in [1.54, 1.807) is 12.1 Å². The maximum atomic E-state index is 12.6. The van der Waals surface area contributed by atoms with Gasteiger partial charge in [0.05, 0.1) is 12.2 Å². The molecule has 3 heteroatoms. The minimum atomic E-state index is -0.328. The molecule has 0 aliphatic heterocycles. The van der Waals surface area contributed by atoms with Gasteiger partial charge in [-0.25, -0.2) is 4.79 Å². The molecule has 3 nitrogen and oxygen atoms in total. The summed E-state index contributed by atoms with van der Waals surface area (Å²) in [5, 5.41) is 0. The first-order valence-corrected chi connectivity index (χ1v) is 15.7. The van der Waals surface area contributed by atoms with Crippen molar-refractivity contribution in [2.75, 3.05) is 6.61 Å². The standard InChI is InChI=1S/C35H52O3/c1-3-5-7-8-9-11-14-30-20-24-34(25-21-30)38-35(36)32-22-26-33(27-23-32)37-28-12-15-31-18-16-29(17-19-31)13-10-6-4-2/h20-27,29,31H,3-19,28H2,1-2H3. The number of benzene rings is 2. The van der Waals surface area contributed by atoms with Gasteiger partial charge in [-0.3, -0.25) is 0 Å². The fourth-order valence-electron chi connectivity index (χ4n) is 5.74. The van der Waals surface area contributed by atoms with Crippen molar-refractivity contribution < 1.29 is 14.3 Å². The van der Waals surface area contributed by atoms with Gasteiger partial charge in [0.15, 0.2) is 0 Å². The summed E-state index contributed by atoms with van der Waals surface area (Å²) in [5.74, 6) is 2.94. The summed E-state index contributed by atoms with van der Waals surface area (Å²) in [6.07, 6.45) is 22.5. The van der Waals surface area contributed by atoms with E-state index in [0.29, 0.717) is 11.3 Å². The van der Waals surface area contributed by atoms with Gasteiger partial charge in [-0.2, -0.15) is 0 Å². The summed E-state index contributed by atoms with van der Waals surface area (Å²) in [6.45, 7) is 5.28. The van der Waals surface area contributed by atoms with Gasteiger partial charge in [-0.05, 0) is 79.5 Å². The molecule has 2 aromatic rings. The average molecular weight is 521 g/mol. The van der Waals surface area contributed by atoms with E-state index in [0.717, 1.165) is 37.0 Å². The van der Waals surface area contributed by atoms with Crippen LogP contribution in [-0.2, 0) is 6.42 Å². The Morgan fingerprint density at radius 3 is 1.87 bits per heavy atom. The van der Waals surface area contributed by atoms with Gasteiger partial charge in [0, 0.05) is 0 Å². The monoisotopic (exact) mass is 520 g/mol. The summed E-state index contributed by atoms with van der Waals surface area (Å²) >= 11 is 0. The van der Waals surface area contributed by atoms with Crippen molar-refractivity contribution in [2.24, 2.45) is 11.8 Å². The number of unbranched alkanes of at least 4 members (excludes halogenated alkanes) is 7. The van der Waals surface area contributed by atoms with Gasteiger partial charge < -0.3 is 9.47 Å². The zero-order valence-corrected chi connectivity index (χ0v) is 24.2. The van der Waals surface area contributed by atoms with Crippen LogP contribution in [0.4, 0.5) is 0 Å². The van der Waals surface area contributed by atoms with Crippen LogP contribution in [0.15, 0.2) is 48.5 Å². The third kappa shape index (κ3) is 11.6. The highest BCUT2D eigenvalue weighted by Crippen LogP contribution is 2.34. The normalized spacial score (nSPS) is 17.3. The molecule has 0 atom stereocenters. The quantitative estimate of drug-likeness (QED) is 0.111. The number of esters is 1. The Morgan fingerprint density at radius 1 is 0.658 bits per heavy atom. The fourth-order valence-corrected chi connectivity index (χ4v) is 5.74. The minimum Gasteiger partial charge on any atom is -0.494 e. The first-order chi connectivity index (χ1) is 18.7. The summed E-state index contributed by atoms with van der Waals surface area (Å²) in [6, 6.07) is 15.3. The smallest absolute Gasteiger partial charge is 0.343 e. The number of carbonyl (C=O) groups is 1. The number of hydrogen-bond acceptors (Lipinski definition) is 3. The molecule has 0 unspecified atom stereocenters. The van der Waals surface area contributed by atoms with E-state index in [1.807, 2.05) is 24.3 Å². The van der Waals surface area contributed by atoms with Crippen LogP contribution in [-0.4, -0.2) is 12.6 Å². The lowest BCUT2D eigenvalue weighted by Crippen LogP contribution is -2.15. The molecule has 210 valence electrons. The Balaban J connectivity index is 1.29. The first-order valence-electron chi connectivity index (χ1n) is 15.7. The van der Waals surface area contributed by atoms with Gasteiger partial charge in [0.1, 0.15) is 11.5 Å². The molecule has 0 spiro atoms. The van der Waals surface area contributed by atoms with Crippen molar-refractivity contribution >= 4 is 5.97 Å². The molecule has 0 N–H and O–H groups in total. The molecule has 1 aliphatic rings. The summed E-state index contributed by atoms with van der Waals surface area (Å²) in [5.41, 5.74) is 1.85. The maximum absolute atomic E-state index is 12.6. The van der Waals surface area contributed by atoms with Crippen molar-refractivity contribution in [3.8, 4) is 11.5 Å². The lowest BCUT2D eigenvalue weighted by molar-refractivity contribution is 0.0734. The highest BCUT2D eigenvalue weighted by molar-refractivity contribution is 5.91. The summed E-state index contributed by atoms with van der Waals surface area (Å²) in [4.78, 5) is 12.6. The second-order valence-corrected chi connectivity index (χ2v) is 11.4. The van der Waals surface area contributed by atoms with Crippen LogP contribution in [0.2, 0.25) is 0 Å². The topological polar surface area (TPSA) is 35.5 Å². The lowest BCUT2D eigenvalue weighted by atomic mass is 9.78. The molecule has 1 fully saturated rings. The number of hydrogen-bond donors (Lipinski definition) is 0. The van der Waals surface area contributed by atoms with Gasteiger partial charge in [0.2, 0.25) is 0 Å². The molecule has 1 saturated carbocycles. The Kier molecular flexibility index (Phi) is 14.4. The van der Waals surface area contributed by atoms with Crippen molar-refractivity contribution in [3.05, 3.63) is 59.7 Å². The van der Waals surface area contributed by atoms with Gasteiger partial charge in [-0.15, -0.1) is 0 Å². The Hall–Kier alpha value is -2.29. The van der Waals surface area contributed by atoms with Gasteiger partial charge in [-0.1, -0.05) is 109 Å². The van der Waals surface area contributed by atoms with Crippen molar-refractivity contribution in [3.63, 3.8) is 0 Å². The Morgan fingerprint density at radius 2 is 1.21 bits per heavy atom. The second-order valence-electron chi connectivity index (χ2n) is 11.4. The van der Waals surface area contributed by atoms with E-state index < -0.39 is 0 Å². The Bertz CT molecular complexity index is 878. The molecule has 0 bridgehead atoms. The van der Waals surface area contributed by atoms with E-state index >= 15 is 0 Å². The molecule has 0 amide bonds. The molecule has 38 heavy (non-hydrogen) atoms. The molecule has 2 aromatic carbocycles. The van der Waals surface area contributed by atoms with Gasteiger partial charge >= 0.3 is 5.97 Å². The first kappa shape index (κ1) is 30.3. The van der Waals surface area contributed by atoms with Crippen molar-refractivity contribution in [1.29, 1.82) is 0 Å². The van der Waals surface area contributed by atoms with Crippen LogP contribution < -0.4 is 9.47 Å². The predicted molar refractivity (Wildman–Crippen MR) is 159 cm³/mol. The van der Waals surface area contributed by atoms with Crippen LogP contribution in [0.1, 0.15) is 133 Å². The largest absolute Gasteiger partial charge is 0.494 e. The molecule has 0 aromatic heterocycles. The summed E-state index contributed by atoms with van der Waals surface area (Å²) in [7, 11) is 0. The van der Waals surface area contributed by atoms with E-state index in [1.165, 1.54) is 102 Å². The van der Waals surface area contributed by atoms with Crippen LogP contribution in [0.3, 0.4) is 0 Å². The highest BCUT2D eigenvalue weighted by Gasteiger charge is 2.20. The Labute approximate surface area is 232 Å². The minimum absolute atomic E-state index is 0.328. The second kappa shape index (κ2) is 18.1. The highest BCUT2D eigenvalue weighted by atomic mass is 16.5. The van der Waals surface area contributed by atoms with Crippen LogP contribution in [0, 0.1) is 11.8 Å². The van der Waals surface area contributed by atoms with Crippen LogP contribution >= 0.6 is 0 Å². The molecular formula is C35H52O3. The predicted octanol–water partition coefficient (Wildman–Crippen LogP) is 10.4. The molecule has 0 radical (unpaired) electrons. The SMILES string of the molecule is CCCCCCCCc1ccc(OC(=O)c2ccc(OCCCC3CCC(CCCCC)CC3)cc2)cc1. The zero-order valence-electron chi connectivity index (χ0n) is 24.2. The number of aryl methyl sites for hydroxylation is 1. The third-order valence-electron chi connectivity index (χ3n) is 8.25. The van der Waals surface area contributed by atoms with Gasteiger partial charge in [0.25, 0.3) is 0 Å². The van der Waals surface area contributed by atoms with Crippen LogP contribution in [0.25, 0.3) is 0 Å². The van der Waals surface area contributed by atoms with Crippen LogP contribution in [0.5, 0.6) is 11.5 Å². The maximum Gasteiger partial charge on any atom is 0.343 e. The van der Waals surface area contributed by atoms with Crippen molar-refractivity contribution in [1.82, 2.24) is 0 Å². The van der Waals surface area contributed by atoms with E-state index in [4.69, 9.17) is 9.47 Å². The third-order valence-corrected chi connectivity index (χ3v) is 8.25. The zero-order chi connectivity index (χ0) is 26.8. The molecule has 3 rings (SSSR count). The molecule has 0 heterocycles. The lowest BCUT2D eigenvalue weighted by Gasteiger charge is -2.28. The van der Waals surface area contributed by atoms with E-state index in [2.05, 4.69) is 26.0 Å². The van der Waals surface area contributed by atoms with E-state index in [-0.39, 0.29) is 5.97 Å². The number of rotatable bonds is 18.